The van der Waals surface area contributed by atoms with E-state index < -0.39 is 0 Å². The predicted octanol–water partition coefficient (Wildman–Crippen LogP) is 2.58. The number of ether oxygens (including phenoxy) is 1. The van der Waals surface area contributed by atoms with Crippen LogP contribution in [0, 0.1) is 11.7 Å². The standard InChI is InChI=1S/C16H23FN2O/c1-20-15-4-2-3-13(16(15)17)14(11-12-5-6-12)19-9-7-18-8-10-19/h2-4,12,14,18H,5-11H2,1H3/t14-/m1/s1. The van der Waals surface area contributed by atoms with Crippen molar-refractivity contribution in [1.82, 2.24) is 10.2 Å². The van der Waals surface area contributed by atoms with Gasteiger partial charge in [-0.3, -0.25) is 4.90 Å². The van der Waals surface area contributed by atoms with Crippen LogP contribution in [-0.4, -0.2) is 38.2 Å². The third-order valence-electron chi connectivity index (χ3n) is 4.42. The van der Waals surface area contributed by atoms with E-state index in [0.717, 1.165) is 44.1 Å². The van der Waals surface area contributed by atoms with Crippen molar-refractivity contribution in [3.05, 3.63) is 29.6 Å². The molecule has 4 heteroatoms. The molecule has 1 saturated heterocycles. The van der Waals surface area contributed by atoms with Gasteiger partial charge in [0, 0.05) is 37.8 Å². The summed E-state index contributed by atoms with van der Waals surface area (Å²) >= 11 is 0. The van der Waals surface area contributed by atoms with Gasteiger partial charge < -0.3 is 10.1 Å². The fraction of sp³-hybridized carbons (Fsp3) is 0.625. The highest BCUT2D eigenvalue weighted by molar-refractivity contribution is 5.33. The molecule has 1 N–H and O–H groups in total. The summed E-state index contributed by atoms with van der Waals surface area (Å²) in [7, 11) is 1.53. The van der Waals surface area contributed by atoms with E-state index in [1.807, 2.05) is 12.1 Å². The molecule has 3 rings (SSSR count). The molecule has 3 nitrogen and oxygen atoms in total. The molecule has 1 aromatic rings. The van der Waals surface area contributed by atoms with E-state index in [4.69, 9.17) is 4.74 Å². The Kier molecular flexibility index (Phi) is 4.22. The molecule has 110 valence electrons. The molecule has 2 fully saturated rings. The molecule has 0 aromatic heterocycles. The van der Waals surface area contributed by atoms with Crippen LogP contribution >= 0.6 is 0 Å². The van der Waals surface area contributed by atoms with Crippen molar-refractivity contribution in [2.24, 2.45) is 5.92 Å². The second-order valence-electron chi connectivity index (χ2n) is 5.84. The fourth-order valence-electron chi connectivity index (χ4n) is 3.08. The van der Waals surface area contributed by atoms with Gasteiger partial charge in [-0.1, -0.05) is 25.0 Å². The molecule has 0 amide bonds. The minimum Gasteiger partial charge on any atom is -0.494 e. The number of hydrogen-bond acceptors (Lipinski definition) is 3. The number of methoxy groups -OCH3 is 1. The molecule has 0 bridgehead atoms. The van der Waals surface area contributed by atoms with Crippen molar-refractivity contribution in [2.45, 2.75) is 25.3 Å². The Morgan fingerprint density at radius 3 is 2.75 bits per heavy atom. The minimum absolute atomic E-state index is 0.181. The lowest BCUT2D eigenvalue weighted by molar-refractivity contribution is 0.156. The quantitative estimate of drug-likeness (QED) is 0.896. The second-order valence-corrected chi connectivity index (χ2v) is 5.84. The summed E-state index contributed by atoms with van der Waals surface area (Å²) in [6, 6.07) is 5.72. The monoisotopic (exact) mass is 278 g/mol. The van der Waals surface area contributed by atoms with E-state index in [-0.39, 0.29) is 11.9 Å². The number of hydrogen-bond donors (Lipinski definition) is 1. The van der Waals surface area contributed by atoms with Crippen molar-refractivity contribution in [3.8, 4) is 5.75 Å². The van der Waals surface area contributed by atoms with Gasteiger partial charge in [0.2, 0.25) is 0 Å². The van der Waals surface area contributed by atoms with Crippen LogP contribution in [0.15, 0.2) is 18.2 Å². The maximum atomic E-state index is 14.6. The lowest BCUT2D eigenvalue weighted by Crippen LogP contribution is -2.45. The molecule has 1 saturated carbocycles. The van der Waals surface area contributed by atoms with Gasteiger partial charge in [-0.25, -0.2) is 4.39 Å². The Hall–Kier alpha value is -1.13. The number of benzene rings is 1. The van der Waals surface area contributed by atoms with Crippen LogP contribution in [0.2, 0.25) is 0 Å². The van der Waals surface area contributed by atoms with E-state index in [9.17, 15) is 4.39 Å². The van der Waals surface area contributed by atoms with Gasteiger partial charge in [-0.05, 0) is 18.4 Å². The van der Waals surface area contributed by atoms with Crippen LogP contribution in [0.25, 0.3) is 0 Å². The van der Waals surface area contributed by atoms with Crippen molar-refractivity contribution >= 4 is 0 Å². The molecular weight excluding hydrogens is 255 g/mol. The Morgan fingerprint density at radius 2 is 2.10 bits per heavy atom. The molecule has 1 aromatic carbocycles. The summed E-state index contributed by atoms with van der Waals surface area (Å²) in [4.78, 5) is 2.42. The van der Waals surface area contributed by atoms with E-state index in [1.54, 1.807) is 6.07 Å². The first-order chi connectivity index (χ1) is 9.79. The molecular formula is C16H23FN2O. The normalized spacial score (nSPS) is 21.7. The zero-order valence-electron chi connectivity index (χ0n) is 12.1. The maximum absolute atomic E-state index is 14.6. The summed E-state index contributed by atoms with van der Waals surface area (Å²) in [6.07, 6.45) is 3.67. The van der Waals surface area contributed by atoms with E-state index >= 15 is 0 Å². The highest BCUT2D eigenvalue weighted by Gasteiger charge is 2.32. The summed E-state index contributed by atoms with van der Waals surface area (Å²) in [5.74, 6) is 0.957. The summed E-state index contributed by atoms with van der Waals surface area (Å²) < 4.78 is 19.7. The number of rotatable bonds is 5. The predicted molar refractivity (Wildman–Crippen MR) is 77.5 cm³/mol. The first-order valence-electron chi connectivity index (χ1n) is 7.56. The first-order valence-corrected chi connectivity index (χ1v) is 7.56. The SMILES string of the molecule is COc1cccc([C@@H](CC2CC2)N2CCNCC2)c1F. The maximum Gasteiger partial charge on any atom is 0.169 e. The van der Waals surface area contributed by atoms with Gasteiger partial charge >= 0.3 is 0 Å². The van der Waals surface area contributed by atoms with Crippen molar-refractivity contribution in [3.63, 3.8) is 0 Å². The Bertz CT molecular complexity index is 456. The van der Waals surface area contributed by atoms with Gasteiger partial charge in [0.05, 0.1) is 7.11 Å². The van der Waals surface area contributed by atoms with Gasteiger partial charge in [0.25, 0.3) is 0 Å². The molecule has 1 heterocycles. The number of nitrogens with one attached hydrogen (secondary N) is 1. The second kappa shape index (κ2) is 6.10. The van der Waals surface area contributed by atoms with Gasteiger partial charge in [0.15, 0.2) is 11.6 Å². The zero-order chi connectivity index (χ0) is 13.9. The van der Waals surface area contributed by atoms with Crippen LogP contribution in [0.5, 0.6) is 5.75 Å². The number of piperazine rings is 1. The van der Waals surface area contributed by atoms with Crippen LogP contribution in [0.3, 0.4) is 0 Å². The first kappa shape index (κ1) is 13.8. The lowest BCUT2D eigenvalue weighted by Gasteiger charge is -2.35. The van der Waals surface area contributed by atoms with Crippen LogP contribution in [0.4, 0.5) is 4.39 Å². The smallest absolute Gasteiger partial charge is 0.169 e. The van der Waals surface area contributed by atoms with E-state index in [0.29, 0.717) is 5.75 Å². The molecule has 1 aliphatic heterocycles. The number of nitrogens with zero attached hydrogens (tertiary/aromatic N) is 1. The number of halogens is 1. The third-order valence-corrected chi connectivity index (χ3v) is 4.42. The highest BCUT2D eigenvalue weighted by Crippen LogP contribution is 2.41. The molecule has 20 heavy (non-hydrogen) atoms. The fourth-order valence-corrected chi connectivity index (χ4v) is 3.08. The van der Waals surface area contributed by atoms with E-state index in [1.165, 1.54) is 20.0 Å². The highest BCUT2D eigenvalue weighted by atomic mass is 19.1. The Labute approximate surface area is 120 Å². The molecule has 2 aliphatic rings. The van der Waals surface area contributed by atoms with Crippen molar-refractivity contribution in [2.75, 3.05) is 33.3 Å². The van der Waals surface area contributed by atoms with E-state index in [2.05, 4.69) is 10.2 Å². The van der Waals surface area contributed by atoms with Gasteiger partial charge in [-0.15, -0.1) is 0 Å². The minimum atomic E-state index is -0.181. The molecule has 0 radical (unpaired) electrons. The molecule has 1 atom stereocenters. The van der Waals surface area contributed by atoms with Crippen molar-refractivity contribution in [1.29, 1.82) is 0 Å². The molecule has 1 aliphatic carbocycles. The van der Waals surface area contributed by atoms with Crippen molar-refractivity contribution < 1.29 is 9.13 Å². The summed E-state index contributed by atoms with van der Waals surface area (Å²) in [5, 5.41) is 3.37. The lowest BCUT2D eigenvalue weighted by atomic mass is 9.97. The summed E-state index contributed by atoms with van der Waals surface area (Å²) in [5.41, 5.74) is 0.804. The Balaban J connectivity index is 1.87. The molecule has 0 spiro atoms. The third kappa shape index (κ3) is 2.96. The zero-order valence-corrected chi connectivity index (χ0v) is 12.1. The van der Waals surface area contributed by atoms with Crippen LogP contribution in [0.1, 0.15) is 30.9 Å². The van der Waals surface area contributed by atoms with Crippen LogP contribution in [-0.2, 0) is 0 Å². The average Bonchev–Trinajstić information content (AvgIpc) is 3.30. The Morgan fingerprint density at radius 1 is 1.35 bits per heavy atom. The van der Waals surface area contributed by atoms with Gasteiger partial charge in [-0.2, -0.15) is 0 Å². The van der Waals surface area contributed by atoms with Crippen LogP contribution < -0.4 is 10.1 Å². The topological polar surface area (TPSA) is 24.5 Å². The average molecular weight is 278 g/mol. The summed E-state index contributed by atoms with van der Waals surface area (Å²) in [6.45, 7) is 3.97. The van der Waals surface area contributed by atoms with Gasteiger partial charge in [0.1, 0.15) is 0 Å². The largest absolute Gasteiger partial charge is 0.494 e. The molecule has 0 unspecified atom stereocenters.